The molecule has 0 saturated carbocycles. The lowest BCUT2D eigenvalue weighted by atomic mass is 10.1. The number of esters is 1. The quantitative estimate of drug-likeness (QED) is 0.657. The summed E-state index contributed by atoms with van der Waals surface area (Å²) in [4.78, 5) is 24.2. The number of rotatable bonds is 5. The number of nitrogens with one attached hydrogen (secondary N) is 1. The summed E-state index contributed by atoms with van der Waals surface area (Å²) in [6.07, 6.45) is -0.893. The van der Waals surface area contributed by atoms with Crippen LogP contribution < -0.4 is 11.1 Å². The third kappa shape index (κ3) is 4.57. The molecular formula is C18H20N2O3. The molecule has 0 aromatic heterocycles. The summed E-state index contributed by atoms with van der Waals surface area (Å²) in [6, 6.07) is 15.8. The molecule has 0 fully saturated rings. The molecule has 0 aliphatic heterocycles. The van der Waals surface area contributed by atoms with Gasteiger partial charge in [-0.1, -0.05) is 36.4 Å². The number of ether oxygens (including phenoxy) is 1. The number of benzene rings is 2. The lowest BCUT2D eigenvalue weighted by Crippen LogP contribution is -2.37. The molecule has 0 radical (unpaired) electrons. The predicted molar refractivity (Wildman–Crippen MR) is 88.7 cm³/mol. The Balaban J connectivity index is 1.93. The van der Waals surface area contributed by atoms with Gasteiger partial charge >= 0.3 is 5.97 Å². The van der Waals surface area contributed by atoms with Crippen LogP contribution in [0.2, 0.25) is 0 Å². The van der Waals surface area contributed by atoms with E-state index in [-0.39, 0.29) is 11.9 Å². The van der Waals surface area contributed by atoms with Crippen molar-refractivity contribution in [3.05, 3.63) is 65.7 Å². The summed E-state index contributed by atoms with van der Waals surface area (Å²) in [7, 11) is 0. The van der Waals surface area contributed by atoms with Crippen molar-refractivity contribution in [1.82, 2.24) is 5.32 Å². The first-order valence-corrected chi connectivity index (χ1v) is 7.39. The van der Waals surface area contributed by atoms with Gasteiger partial charge in [-0.25, -0.2) is 4.79 Å². The van der Waals surface area contributed by atoms with Gasteiger partial charge in [-0.2, -0.15) is 0 Å². The van der Waals surface area contributed by atoms with Crippen molar-refractivity contribution >= 4 is 17.6 Å². The van der Waals surface area contributed by atoms with Crippen LogP contribution in [0.15, 0.2) is 54.6 Å². The molecule has 0 aliphatic carbocycles. The van der Waals surface area contributed by atoms with Gasteiger partial charge in [-0.15, -0.1) is 0 Å². The Morgan fingerprint density at radius 1 is 1.04 bits per heavy atom. The Morgan fingerprint density at radius 3 is 2.39 bits per heavy atom. The van der Waals surface area contributed by atoms with Crippen LogP contribution in [0.4, 0.5) is 5.69 Å². The number of hydrogen-bond acceptors (Lipinski definition) is 4. The van der Waals surface area contributed by atoms with Crippen molar-refractivity contribution in [2.24, 2.45) is 0 Å². The van der Waals surface area contributed by atoms with Crippen molar-refractivity contribution in [1.29, 1.82) is 0 Å². The molecule has 2 rings (SSSR count). The molecule has 2 aromatic carbocycles. The maximum absolute atomic E-state index is 12.1. The largest absolute Gasteiger partial charge is 0.449 e. The highest BCUT2D eigenvalue weighted by Crippen LogP contribution is 2.13. The average Bonchev–Trinajstić information content (AvgIpc) is 2.55. The number of amides is 1. The van der Waals surface area contributed by atoms with E-state index in [9.17, 15) is 9.59 Å². The zero-order chi connectivity index (χ0) is 16.8. The topological polar surface area (TPSA) is 81.4 Å². The van der Waals surface area contributed by atoms with E-state index in [2.05, 4.69) is 5.32 Å². The van der Waals surface area contributed by atoms with Crippen molar-refractivity contribution in [2.75, 3.05) is 5.73 Å². The number of nitrogens with two attached hydrogens (primary N) is 1. The van der Waals surface area contributed by atoms with Crippen molar-refractivity contribution < 1.29 is 14.3 Å². The Morgan fingerprint density at radius 2 is 1.74 bits per heavy atom. The molecule has 0 saturated heterocycles. The number of carbonyl (C=O) groups is 2. The van der Waals surface area contributed by atoms with Crippen molar-refractivity contribution in [3.8, 4) is 0 Å². The first-order chi connectivity index (χ1) is 11.0. The molecule has 0 spiro atoms. The zero-order valence-corrected chi connectivity index (χ0v) is 13.2. The van der Waals surface area contributed by atoms with Crippen LogP contribution in [0.1, 0.15) is 35.8 Å². The summed E-state index contributed by atoms with van der Waals surface area (Å²) >= 11 is 0. The summed E-state index contributed by atoms with van der Waals surface area (Å²) < 4.78 is 5.18. The molecule has 1 amide bonds. The van der Waals surface area contributed by atoms with E-state index in [1.54, 1.807) is 18.2 Å². The van der Waals surface area contributed by atoms with E-state index < -0.39 is 12.1 Å². The van der Waals surface area contributed by atoms with Crippen LogP contribution >= 0.6 is 0 Å². The highest BCUT2D eigenvalue weighted by atomic mass is 16.5. The number of hydrogen-bond donors (Lipinski definition) is 2. The molecule has 0 aliphatic rings. The van der Waals surface area contributed by atoms with Crippen LogP contribution in [0.5, 0.6) is 0 Å². The van der Waals surface area contributed by atoms with E-state index >= 15 is 0 Å². The monoisotopic (exact) mass is 312 g/mol. The molecule has 5 nitrogen and oxygen atoms in total. The van der Waals surface area contributed by atoms with Gasteiger partial charge in [0.25, 0.3) is 5.91 Å². The molecule has 0 bridgehead atoms. The minimum atomic E-state index is -0.893. The molecule has 5 heteroatoms. The van der Waals surface area contributed by atoms with Crippen LogP contribution in [-0.4, -0.2) is 18.0 Å². The SMILES string of the molecule is C[C@H](OC(=O)c1cccc(N)c1)C(=O)N[C@@H](C)c1ccccc1. The lowest BCUT2D eigenvalue weighted by Gasteiger charge is -2.18. The summed E-state index contributed by atoms with van der Waals surface area (Å²) in [5.74, 6) is -0.925. The van der Waals surface area contributed by atoms with E-state index in [1.807, 2.05) is 37.3 Å². The Bertz CT molecular complexity index is 686. The number of carbonyl (C=O) groups excluding carboxylic acids is 2. The molecule has 23 heavy (non-hydrogen) atoms. The molecule has 120 valence electrons. The van der Waals surface area contributed by atoms with Gasteiger partial charge in [-0.05, 0) is 37.6 Å². The Labute approximate surface area is 135 Å². The molecular weight excluding hydrogens is 292 g/mol. The van der Waals surface area contributed by atoms with E-state index in [0.29, 0.717) is 11.3 Å². The second kappa shape index (κ2) is 7.45. The summed E-state index contributed by atoms with van der Waals surface area (Å²) in [5.41, 5.74) is 7.40. The molecule has 3 N–H and O–H groups in total. The third-order valence-corrected chi connectivity index (χ3v) is 3.43. The van der Waals surface area contributed by atoms with Gasteiger partial charge in [-0.3, -0.25) is 4.79 Å². The predicted octanol–water partition coefficient (Wildman–Crippen LogP) is 2.69. The van der Waals surface area contributed by atoms with Crippen LogP contribution in [-0.2, 0) is 9.53 Å². The highest BCUT2D eigenvalue weighted by Gasteiger charge is 2.20. The minimum Gasteiger partial charge on any atom is -0.449 e. The van der Waals surface area contributed by atoms with Gasteiger partial charge in [0.15, 0.2) is 6.10 Å². The summed E-state index contributed by atoms with van der Waals surface area (Å²) in [5, 5.41) is 2.82. The summed E-state index contributed by atoms with van der Waals surface area (Å²) in [6.45, 7) is 3.41. The first-order valence-electron chi connectivity index (χ1n) is 7.39. The fourth-order valence-corrected chi connectivity index (χ4v) is 2.10. The Hall–Kier alpha value is -2.82. The second-order valence-electron chi connectivity index (χ2n) is 5.31. The molecule has 0 heterocycles. The highest BCUT2D eigenvalue weighted by molar-refractivity contribution is 5.93. The molecule has 2 atom stereocenters. The third-order valence-electron chi connectivity index (χ3n) is 3.43. The minimum absolute atomic E-state index is 0.169. The van der Waals surface area contributed by atoms with Gasteiger partial charge < -0.3 is 15.8 Å². The number of nitrogen functional groups attached to an aromatic ring is 1. The number of anilines is 1. The van der Waals surface area contributed by atoms with Crippen molar-refractivity contribution in [2.45, 2.75) is 26.0 Å². The molecule has 2 aromatic rings. The van der Waals surface area contributed by atoms with Crippen LogP contribution in [0.3, 0.4) is 0 Å². The van der Waals surface area contributed by atoms with Gasteiger partial charge in [0.1, 0.15) is 0 Å². The van der Waals surface area contributed by atoms with Gasteiger partial charge in [0, 0.05) is 5.69 Å². The van der Waals surface area contributed by atoms with Crippen LogP contribution in [0.25, 0.3) is 0 Å². The van der Waals surface area contributed by atoms with E-state index in [0.717, 1.165) is 5.56 Å². The maximum atomic E-state index is 12.1. The van der Waals surface area contributed by atoms with Gasteiger partial charge in [0.05, 0.1) is 11.6 Å². The van der Waals surface area contributed by atoms with E-state index in [4.69, 9.17) is 10.5 Å². The normalized spacial score (nSPS) is 13.0. The lowest BCUT2D eigenvalue weighted by molar-refractivity contribution is -0.129. The fraction of sp³-hybridized carbons (Fsp3) is 0.222. The van der Waals surface area contributed by atoms with E-state index in [1.165, 1.54) is 13.0 Å². The van der Waals surface area contributed by atoms with Crippen LogP contribution in [0, 0.1) is 0 Å². The smallest absolute Gasteiger partial charge is 0.338 e. The van der Waals surface area contributed by atoms with Gasteiger partial charge in [0.2, 0.25) is 0 Å². The standard InChI is InChI=1S/C18H20N2O3/c1-12(14-7-4-3-5-8-14)20-17(21)13(2)23-18(22)15-9-6-10-16(19)11-15/h3-13H,19H2,1-2H3,(H,20,21)/t12-,13-/m0/s1. The maximum Gasteiger partial charge on any atom is 0.338 e. The second-order valence-corrected chi connectivity index (χ2v) is 5.31. The zero-order valence-electron chi connectivity index (χ0n) is 13.2. The molecule has 0 unspecified atom stereocenters. The average molecular weight is 312 g/mol. The first kappa shape index (κ1) is 16.5. The Kier molecular flexibility index (Phi) is 5.36. The fourth-order valence-electron chi connectivity index (χ4n) is 2.10. The van der Waals surface area contributed by atoms with Crippen molar-refractivity contribution in [3.63, 3.8) is 0 Å².